The highest BCUT2D eigenvalue weighted by Gasteiger charge is 2.36. The van der Waals surface area contributed by atoms with Crippen LogP contribution in [0.25, 0.3) is 0 Å². The van der Waals surface area contributed by atoms with Gasteiger partial charge in [0.05, 0.1) is 18.8 Å². The van der Waals surface area contributed by atoms with Crippen molar-refractivity contribution < 1.29 is 18.7 Å². The minimum Gasteiger partial charge on any atom is -0.494 e. The molecule has 1 saturated heterocycles. The number of benzene rings is 3. The second-order valence-corrected chi connectivity index (χ2v) is 9.34. The van der Waals surface area contributed by atoms with Crippen molar-refractivity contribution in [2.45, 2.75) is 25.1 Å². The zero-order valence-corrected chi connectivity index (χ0v) is 20.5. The highest BCUT2D eigenvalue weighted by Crippen LogP contribution is 2.31. The highest BCUT2D eigenvalue weighted by molar-refractivity contribution is 8.15. The number of amidine groups is 1. The number of hydrogen-bond donors (Lipinski definition) is 1. The fourth-order valence-electron chi connectivity index (χ4n) is 3.45. The lowest BCUT2D eigenvalue weighted by atomic mass is 10.2. The summed E-state index contributed by atoms with van der Waals surface area (Å²) in [6.07, 6.45) is 0.0116. The molecule has 0 saturated carbocycles. The number of halogens is 2. The van der Waals surface area contributed by atoms with E-state index in [9.17, 15) is 14.0 Å². The normalized spacial score (nSPS) is 16.9. The van der Waals surface area contributed by atoms with E-state index in [0.717, 1.165) is 5.56 Å². The summed E-state index contributed by atoms with van der Waals surface area (Å²) in [5, 5.41) is 3.14. The molecular weight excluding hydrogens is 489 g/mol. The Labute approximate surface area is 212 Å². The molecule has 9 heteroatoms. The van der Waals surface area contributed by atoms with Crippen molar-refractivity contribution in [1.82, 2.24) is 4.90 Å². The van der Waals surface area contributed by atoms with Gasteiger partial charge in [0.1, 0.15) is 16.8 Å². The molecule has 0 aromatic heterocycles. The highest BCUT2D eigenvalue weighted by atomic mass is 35.5. The molecule has 0 radical (unpaired) electrons. The van der Waals surface area contributed by atoms with Crippen molar-refractivity contribution in [3.63, 3.8) is 0 Å². The van der Waals surface area contributed by atoms with Gasteiger partial charge in [0.15, 0.2) is 5.17 Å². The van der Waals surface area contributed by atoms with Crippen LogP contribution in [0.2, 0.25) is 5.02 Å². The van der Waals surface area contributed by atoms with E-state index in [2.05, 4.69) is 10.3 Å². The van der Waals surface area contributed by atoms with Gasteiger partial charge in [-0.15, -0.1) is 0 Å². The summed E-state index contributed by atoms with van der Waals surface area (Å²) in [5.74, 6) is -0.283. The van der Waals surface area contributed by atoms with Crippen LogP contribution in [0, 0.1) is 5.82 Å². The van der Waals surface area contributed by atoms with Gasteiger partial charge in [-0.1, -0.05) is 41.6 Å². The van der Waals surface area contributed by atoms with Crippen LogP contribution in [0.5, 0.6) is 5.75 Å². The number of ether oxygens (including phenoxy) is 1. The maximum atomic E-state index is 13.4. The molecule has 3 aromatic rings. The fourth-order valence-corrected chi connectivity index (χ4v) is 4.67. The summed E-state index contributed by atoms with van der Waals surface area (Å²) < 4.78 is 18.9. The van der Waals surface area contributed by atoms with Crippen LogP contribution < -0.4 is 10.1 Å². The first-order chi connectivity index (χ1) is 16.9. The predicted molar refractivity (Wildman–Crippen MR) is 138 cm³/mol. The topological polar surface area (TPSA) is 71.0 Å². The van der Waals surface area contributed by atoms with E-state index >= 15 is 0 Å². The molecule has 1 N–H and O–H groups in total. The van der Waals surface area contributed by atoms with Crippen molar-refractivity contribution in [3.8, 4) is 5.75 Å². The van der Waals surface area contributed by atoms with Gasteiger partial charge in [-0.25, -0.2) is 9.38 Å². The average molecular weight is 512 g/mol. The quantitative estimate of drug-likeness (QED) is 0.420. The molecule has 0 spiro atoms. The molecule has 0 aliphatic carbocycles. The minimum atomic E-state index is -0.682. The molecule has 2 amide bonds. The fraction of sp³-hybridized carbons (Fsp3) is 0.192. The van der Waals surface area contributed by atoms with E-state index in [1.54, 1.807) is 36.4 Å². The second-order valence-electron chi connectivity index (χ2n) is 7.74. The number of amides is 2. The summed E-state index contributed by atoms with van der Waals surface area (Å²) in [4.78, 5) is 32.4. The second kappa shape index (κ2) is 11.4. The van der Waals surface area contributed by atoms with Gasteiger partial charge >= 0.3 is 0 Å². The molecule has 1 aliphatic rings. The van der Waals surface area contributed by atoms with Crippen LogP contribution in [0.15, 0.2) is 77.8 Å². The van der Waals surface area contributed by atoms with Crippen molar-refractivity contribution in [2.24, 2.45) is 4.99 Å². The molecule has 3 aromatic carbocycles. The number of carbonyl (C=O) groups is 2. The molecule has 1 unspecified atom stereocenters. The number of anilines is 1. The van der Waals surface area contributed by atoms with Gasteiger partial charge in [-0.2, -0.15) is 0 Å². The Morgan fingerprint density at radius 3 is 2.63 bits per heavy atom. The summed E-state index contributed by atoms with van der Waals surface area (Å²) in [6.45, 7) is 2.66. The van der Waals surface area contributed by atoms with Crippen LogP contribution in [-0.2, 0) is 16.1 Å². The van der Waals surface area contributed by atoms with E-state index in [-0.39, 0.29) is 30.6 Å². The van der Waals surface area contributed by atoms with Crippen LogP contribution >= 0.6 is 23.4 Å². The van der Waals surface area contributed by atoms with E-state index in [1.165, 1.54) is 40.9 Å². The molecule has 35 heavy (non-hydrogen) atoms. The molecule has 180 valence electrons. The maximum absolute atomic E-state index is 13.4. The molecule has 1 heterocycles. The standard InChI is InChI=1S/C26H23ClFN3O3S/c1-2-34-22-5-3-4-21(14-22)29-25(33)23-15-24(32)31(16-17-6-8-18(27)9-7-17)26(35-23)30-20-12-10-19(28)11-13-20/h3-14,23H,2,15-16H2,1H3,(H,29,33). The van der Waals surface area contributed by atoms with Crippen molar-refractivity contribution >= 4 is 51.7 Å². The third-order valence-corrected chi connectivity index (χ3v) is 6.59. The number of nitrogens with one attached hydrogen (secondary N) is 1. The van der Waals surface area contributed by atoms with Gasteiger partial charge in [0.2, 0.25) is 11.8 Å². The molecule has 4 rings (SSSR count). The lowest BCUT2D eigenvalue weighted by Crippen LogP contribution is -2.44. The number of aliphatic imine (C=N–C) groups is 1. The number of rotatable bonds is 7. The Balaban J connectivity index is 1.57. The van der Waals surface area contributed by atoms with E-state index in [0.29, 0.717) is 33.9 Å². The molecule has 1 aliphatic heterocycles. The smallest absolute Gasteiger partial charge is 0.238 e. The lowest BCUT2D eigenvalue weighted by Gasteiger charge is -2.32. The van der Waals surface area contributed by atoms with E-state index in [1.807, 2.05) is 19.1 Å². The third kappa shape index (κ3) is 6.61. The van der Waals surface area contributed by atoms with Gasteiger partial charge in [-0.3, -0.25) is 14.5 Å². The first kappa shape index (κ1) is 24.8. The van der Waals surface area contributed by atoms with Crippen LogP contribution in [0.1, 0.15) is 18.9 Å². The zero-order valence-electron chi connectivity index (χ0n) is 18.9. The van der Waals surface area contributed by atoms with Crippen LogP contribution in [0.4, 0.5) is 15.8 Å². The predicted octanol–water partition coefficient (Wildman–Crippen LogP) is 6.04. The third-order valence-electron chi connectivity index (χ3n) is 5.15. The first-order valence-electron chi connectivity index (χ1n) is 11.0. The maximum Gasteiger partial charge on any atom is 0.238 e. The summed E-state index contributed by atoms with van der Waals surface area (Å²) in [7, 11) is 0. The van der Waals surface area contributed by atoms with Crippen molar-refractivity contribution in [3.05, 3.63) is 89.2 Å². The first-order valence-corrected chi connectivity index (χ1v) is 12.3. The van der Waals surface area contributed by atoms with Gasteiger partial charge < -0.3 is 10.1 Å². The van der Waals surface area contributed by atoms with Gasteiger partial charge in [0.25, 0.3) is 0 Å². The van der Waals surface area contributed by atoms with Crippen LogP contribution in [-0.4, -0.2) is 33.7 Å². The van der Waals surface area contributed by atoms with Crippen molar-refractivity contribution in [2.75, 3.05) is 11.9 Å². The summed E-state index contributed by atoms with van der Waals surface area (Å²) >= 11 is 7.19. The Kier molecular flexibility index (Phi) is 8.05. The Morgan fingerprint density at radius 1 is 1.17 bits per heavy atom. The number of thioether (sulfide) groups is 1. The average Bonchev–Trinajstić information content (AvgIpc) is 2.84. The molecular formula is C26H23ClFN3O3S. The minimum absolute atomic E-state index is 0.0116. The summed E-state index contributed by atoms with van der Waals surface area (Å²) in [5.41, 5.74) is 1.92. The van der Waals surface area contributed by atoms with Gasteiger partial charge in [-0.05, 0) is 61.0 Å². The monoisotopic (exact) mass is 511 g/mol. The van der Waals surface area contributed by atoms with E-state index < -0.39 is 5.25 Å². The Morgan fingerprint density at radius 2 is 1.91 bits per heavy atom. The number of nitrogens with zero attached hydrogens (tertiary/aromatic N) is 2. The zero-order chi connectivity index (χ0) is 24.8. The van der Waals surface area contributed by atoms with Crippen molar-refractivity contribution in [1.29, 1.82) is 0 Å². The van der Waals surface area contributed by atoms with E-state index in [4.69, 9.17) is 16.3 Å². The summed E-state index contributed by atoms with van der Waals surface area (Å²) in [6, 6.07) is 19.9. The largest absolute Gasteiger partial charge is 0.494 e. The molecule has 0 bridgehead atoms. The number of carbonyl (C=O) groups excluding carboxylic acids is 2. The lowest BCUT2D eigenvalue weighted by molar-refractivity contribution is -0.129. The molecule has 1 fully saturated rings. The Hall–Kier alpha value is -3.36. The number of hydrogen-bond acceptors (Lipinski definition) is 5. The SMILES string of the molecule is CCOc1cccc(NC(=O)C2CC(=O)N(Cc3ccc(Cl)cc3)C(=Nc3ccc(F)cc3)S2)c1. The molecule has 1 atom stereocenters. The van der Waals surface area contributed by atoms with Crippen LogP contribution in [0.3, 0.4) is 0 Å². The van der Waals surface area contributed by atoms with Gasteiger partial charge in [0, 0.05) is 23.2 Å². The Bertz CT molecular complexity index is 1240. The molecule has 6 nitrogen and oxygen atoms in total.